The number of nitrogens with two attached hydrogens (primary N) is 1. The number of nitrogens with one attached hydrogen (secondary N) is 2. The number of carboxylic acids is 1. The number of fused-ring (bicyclic) bond motifs is 2. The Labute approximate surface area is 442 Å². The highest BCUT2D eigenvalue weighted by atomic mass is 32.2. The summed E-state index contributed by atoms with van der Waals surface area (Å²) in [5.41, 5.74) is 12.1. The zero-order chi connectivity index (χ0) is 52.1. The molecule has 8 heterocycles. The van der Waals surface area contributed by atoms with Crippen molar-refractivity contribution in [1.82, 2.24) is 49.5 Å². The molecule has 6 aromatic heterocycles. The van der Waals surface area contributed by atoms with Crippen molar-refractivity contribution < 1.29 is 27.9 Å². The van der Waals surface area contributed by atoms with E-state index >= 15 is 0 Å². The van der Waals surface area contributed by atoms with Gasteiger partial charge in [-0.25, -0.2) is 27.9 Å². The molecule has 18 nitrogen and oxygen atoms in total. The molecule has 2 fully saturated rings. The predicted molar refractivity (Wildman–Crippen MR) is 292 cm³/mol. The van der Waals surface area contributed by atoms with Crippen molar-refractivity contribution in [2.75, 3.05) is 40.7 Å². The zero-order valence-electron chi connectivity index (χ0n) is 43.2. The first-order chi connectivity index (χ1) is 34.6. The van der Waals surface area contributed by atoms with E-state index in [4.69, 9.17) is 10.5 Å². The van der Waals surface area contributed by atoms with Gasteiger partial charge >= 0.3 is 5.97 Å². The van der Waals surface area contributed by atoms with Gasteiger partial charge in [-0.2, -0.15) is 32.2 Å². The van der Waals surface area contributed by atoms with Crippen LogP contribution in [-0.4, -0.2) is 113 Å². The highest BCUT2D eigenvalue weighted by Crippen LogP contribution is 2.40. The van der Waals surface area contributed by atoms with Crippen molar-refractivity contribution in [3.8, 4) is 0 Å². The molecule has 5 N–H and O–H groups in total. The van der Waals surface area contributed by atoms with E-state index in [1.807, 2.05) is 39.6 Å². The van der Waals surface area contributed by atoms with Gasteiger partial charge in [0.1, 0.15) is 38.7 Å². The Balaban J connectivity index is 0.000000155. The van der Waals surface area contributed by atoms with Crippen LogP contribution in [0.5, 0.6) is 0 Å². The van der Waals surface area contributed by atoms with E-state index < -0.39 is 23.9 Å². The molecule has 1 amide bonds. The summed E-state index contributed by atoms with van der Waals surface area (Å²) in [4.78, 5) is 33.3. The van der Waals surface area contributed by atoms with E-state index in [1.165, 1.54) is 35.7 Å². The molecule has 0 spiro atoms. The molecule has 0 radical (unpaired) electrons. The highest BCUT2D eigenvalue weighted by molar-refractivity contribution is 7.99. The number of aromatic amines is 1. The van der Waals surface area contributed by atoms with E-state index in [1.54, 1.807) is 45.5 Å². The minimum absolute atomic E-state index is 0.116. The number of rotatable bonds is 14. The molecule has 4 aliphatic rings. The molecule has 2 saturated heterocycles. The number of H-pyrrole nitrogens is 1. The second kappa shape index (κ2) is 23.1. The van der Waals surface area contributed by atoms with Crippen LogP contribution in [0.4, 0.5) is 11.4 Å². The molecule has 2 unspecified atom stereocenters. The molecule has 2 aliphatic carbocycles. The van der Waals surface area contributed by atoms with Gasteiger partial charge in [-0.3, -0.25) is 19.3 Å². The number of thioether (sulfide) groups is 1. The lowest BCUT2D eigenvalue weighted by Crippen LogP contribution is -2.30. The maximum Gasteiger partial charge on any atom is 0.356 e. The van der Waals surface area contributed by atoms with Crippen LogP contribution < -0.4 is 11.1 Å². The summed E-state index contributed by atoms with van der Waals surface area (Å²) in [6.07, 6.45) is 19.7. The number of aromatic nitrogens is 10. The fourth-order valence-corrected chi connectivity index (χ4v) is 15.2. The number of carboxylic acid groups (broad SMARTS) is 1. The lowest BCUT2D eigenvalue weighted by atomic mass is 9.76. The lowest BCUT2D eigenvalue weighted by Gasteiger charge is -2.30. The Kier molecular flexibility index (Phi) is 17.2. The Morgan fingerprint density at radius 2 is 1.48 bits per heavy atom. The van der Waals surface area contributed by atoms with Crippen molar-refractivity contribution in [2.24, 2.45) is 22.7 Å². The number of hydrogen-bond acceptors (Lipinski definition) is 15. The number of amides is 1. The van der Waals surface area contributed by atoms with Crippen molar-refractivity contribution in [3.05, 3.63) is 91.9 Å². The second-order valence-corrected chi connectivity index (χ2v) is 33.6. The average Bonchev–Trinajstić information content (AvgIpc) is 4.20. The van der Waals surface area contributed by atoms with Crippen LogP contribution in [0.2, 0.25) is 25.7 Å². The van der Waals surface area contributed by atoms with Crippen LogP contribution in [0.1, 0.15) is 132 Å². The van der Waals surface area contributed by atoms with Crippen molar-refractivity contribution >= 4 is 75.6 Å². The van der Waals surface area contributed by atoms with Crippen LogP contribution in [-0.2, 0) is 47.0 Å². The number of sulfone groups is 1. The van der Waals surface area contributed by atoms with Gasteiger partial charge in [0.25, 0.3) is 5.91 Å². The van der Waals surface area contributed by atoms with E-state index in [0.29, 0.717) is 36.9 Å². The largest absolute Gasteiger partial charge is 0.476 e. The zero-order valence-corrected chi connectivity index (χ0v) is 47.4. The third-order valence-corrected chi connectivity index (χ3v) is 20.5. The first-order valence-corrected chi connectivity index (χ1v) is 33.8. The summed E-state index contributed by atoms with van der Waals surface area (Å²) >= 11 is 5.28. The number of carbonyl (C=O) groups is 2. The maximum absolute atomic E-state index is 13.0. The van der Waals surface area contributed by atoms with Gasteiger partial charge in [0.05, 0.1) is 35.3 Å². The van der Waals surface area contributed by atoms with E-state index in [2.05, 4.69) is 88.1 Å². The predicted octanol–water partition coefficient (Wildman–Crippen LogP) is 9.31. The van der Waals surface area contributed by atoms with Gasteiger partial charge in [-0.1, -0.05) is 47.3 Å². The Hall–Kier alpha value is -4.68. The summed E-state index contributed by atoms with van der Waals surface area (Å²) in [6, 6.07) is 1.20. The summed E-state index contributed by atoms with van der Waals surface area (Å²) in [6.45, 7) is 16.9. The maximum atomic E-state index is 13.0. The second-order valence-electron chi connectivity index (χ2n) is 22.6. The third kappa shape index (κ3) is 14.2. The number of carbonyl (C=O) groups excluding carboxylic acids is 1. The first kappa shape index (κ1) is 54.6. The average molecular weight is 1090 g/mol. The Morgan fingerprint density at radius 3 is 2.07 bits per heavy atom. The minimum Gasteiger partial charge on any atom is -0.476 e. The monoisotopic (exact) mass is 1090 g/mol. The summed E-state index contributed by atoms with van der Waals surface area (Å²) < 4.78 is 35.2. The molecule has 6 aromatic rings. The van der Waals surface area contributed by atoms with Crippen LogP contribution in [0, 0.1) is 22.7 Å². The molecule has 2 atom stereocenters. The summed E-state index contributed by atoms with van der Waals surface area (Å²) in [5.74, 6) is 2.41. The van der Waals surface area contributed by atoms with Crippen molar-refractivity contribution in [3.63, 3.8) is 0 Å². The van der Waals surface area contributed by atoms with Crippen LogP contribution in [0.3, 0.4) is 0 Å². The first-order valence-electron chi connectivity index (χ1n) is 25.3. The smallest absolute Gasteiger partial charge is 0.356 e. The van der Waals surface area contributed by atoms with Crippen LogP contribution >= 0.6 is 34.4 Å². The molecule has 0 bridgehead atoms. The number of ether oxygens (including phenoxy) is 1. The molecule has 73 heavy (non-hydrogen) atoms. The lowest BCUT2D eigenvalue weighted by molar-refractivity contribution is 0.0667. The number of anilines is 2. The summed E-state index contributed by atoms with van der Waals surface area (Å²) in [5, 5.41) is 38.8. The fourth-order valence-electron chi connectivity index (χ4n) is 10.2. The van der Waals surface area contributed by atoms with Crippen molar-refractivity contribution in [1.29, 1.82) is 0 Å². The third-order valence-electron chi connectivity index (χ3n) is 14.4. The highest BCUT2D eigenvalue weighted by Gasteiger charge is 2.36. The Morgan fingerprint density at radius 1 is 0.877 bits per heavy atom. The van der Waals surface area contributed by atoms with E-state index in [0.717, 1.165) is 89.4 Å². The minimum atomic E-state index is -2.96. The molecular formula is C50H72N12O6S4Si. The molecule has 10 rings (SSSR count). The number of aromatic carboxylic acids is 1. The van der Waals surface area contributed by atoms with E-state index in [-0.39, 0.29) is 51.9 Å². The fraction of sp³-hybridized carbons (Fsp3) is 0.600. The van der Waals surface area contributed by atoms with Crippen LogP contribution in [0.15, 0.2) is 47.9 Å². The summed E-state index contributed by atoms with van der Waals surface area (Å²) in [7, 11) is -4.07. The number of nitrogen functional groups attached to an aromatic ring is 1. The standard InChI is InChI=1S/C22H28N6O3S2.C16H28N2O3Si.C12H16N4S2/c1-22(2)6-3-16-17(11-22)26-27-18(16)20(29)25-15-12-24-28(13-15)19(21-23-7-8-32-21)14-4-9-33(30,31)10-5-14;1-16(2)7-6-12-13(10-16)18(17-14(12)15(19)20)11-21-8-9-22(3,4)5;13-10-7-15-16(8-10)11(12-14-3-6-18-12)9-1-4-17-5-2-9/h7-8,12-14,19H,3-6,9-11H2,1-2H3,(H,25,29)(H,26,27);6-11H2,1-5H3,(H,19,20);3,6-9,11H,1-2,4-5,13H2. The number of hydrogen-bond donors (Lipinski definition) is 4. The van der Waals surface area contributed by atoms with Gasteiger partial charge in [-0.15, -0.1) is 22.7 Å². The van der Waals surface area contributed by atoms with E-state index in [9.17, 15) is 23.1 Å². The quantitative estimate of drug-likeness (QED) is 0.0587. The normalized spacial score (nSPS) is 19.3. The number of thiazole rings is 2. The number of nitrogens with zero attached hydrogens (tertiary/aromatic N) is 9. The molecule has 0 saturated carbocycles. The molecule has 23 heteroatoms. The molecule has 2 aliphatic heterocycles. The molecule has 396 valence electrons. The van der Waals surface area contributed by atoms with Gasteiger partial charge in [-0.05, 0) is 104 Å². The topological polar surface area (TPSA) is 244 Å². The van der Waals surface area contributed by atoms with Gasteiger partial charge in [0.2, 0.25) is 0 Å². The van der Waals surface area contributed by atoms with Gasteiger partial charge in [0, 0.05) is 72.7 Å². The van der Waals surface area contributed by atoms with Crippen molar-refractivity contribution in [2.45, 2.75) is 136 Å². The van der Waals surface area contributed by atoms with Gasteiger partial charge in [0.15, 0.2) is 11.4 Å². The SMILES string of the molecule is CC1(C)CCc2c(C(=O)Nc3cnn(C(c4nccs4)C4CCS(=O)(=O)CC4)c3)n[nH]c2C1.CC1(C)CCc2c(C(=O)O)nn(COCC[Si](C)(C)C)c2C1.Nc1cnn(C(c2nccs2)C2CCSCC2)c1. The molecule has 0 aromatic carbocycles. The van der Waals surface area contributed by atoms with Gasteiger partial charge < -0.3 is 20.9 Å². The Bertz CT molecular complexity index is 2880. The van der Waals surface area contributed by atoms with Crippen LogP contribution in [0.25, 0.3) is 0 Å². The molecular weight excluding hydrogens is 1020 g/mol.